The molecule has 0 fully saturated rings. The van der Waals surface area contributed by atoms with E-state index in [4.69, 9.17) is 9.52 Å². The summed E-state index contributed by atoms with van der Waals surface area (Å²) in [7, 11) is 0. The topological polar surface area (TPSA) is 130 Å². The summed E-state index contributed by atoms with van der Waals surface area (Å²) >= 11 is 0. The molecule has 0 radical (unpaired) electrons. The first-order valence-electron chi connectivity index (χ1n) is 10.0. The van der Waals surface area contributed by atoms with Crippen LogP contribution in [0.1, 0.15) is 30.4 Å². The van der Waals surface area contributed by atoms with Crippen LogP contribution in [0, 0.1) is 0 Å². The zero-order valence-electron chi connectivity index (χ0n) is 17.3. The Kier molecular flexibility index (Phi) is 6.07. The maximum atomic E-state index is 12.4. The van der Waals surface area contributed by atoms with Crippen molar-refractivity contribution in [3.63, 3.8) is 0 Å². The number of amides is 1. The van der Waals surface area contributed by atoms with Gasteiger partial charge in [0, 0.05) is 12.4 Å². The number of nitrogens with zero attached hydrogens (tertiary/aromatic N) is 3. The fourth-order valence-corrected chi connectivity index (χ4v) is 3.20. The van der Waals surface area contributed by atoms with Crippen LogP contribution < -0.4 is 10.6 Å². The Morgan fingerprint density at radius 1 is 1.09 bits per heavy atom. The van der Waals surface area contributed by atoms with Crippen LogP contribution in [0.15, 0.2) is 65.3 Å². The third-order valence-corrected chi connectivity index (χ3v) is 4.82. The van der Waals surface area contributed by atoms with E-state index in [9.17, 15) is 9.59 Å². The molecule has 0 aliphatic carbocycles. The summed E-state index contributed by atoms with van der Waals surface area (Å²) < 4.78 is 5.73. The number of hydrogen-bond donors (Lipinski definition) is 3. The van der Waals surface area contributed by atoms with E-state index < -0.39 is 5.97 Å². The molecule has 0 bridgehead atoms. The number of carboxylic acid groups (broad SMARTS) is 1. The van der Waals surface area contributed by atoms with Gasteiger partial charge in [-0.1, -0.05) is 25.1 Å². The molecule has 3 aromatic heterocycles. The lowest BCUT2D eigenvalue weighted by Crippen LogP contribution is -2.15. The number of pyridine rings is 2. The number of anilines is 3. The number of benzene rings is 1. The molecule has 1 atom stereocenters. The second-order valence-corrected chi connectivity index (χ2v) is 7.36. The second kappa shape index (κ2) is 9.25. The number of fused-ring (bicyclic) bond motifs is 1. The van der Waals surface area contributed by atoms with E-state index in [1.54, 1.807) is 42.7 Å². The standard InChI is InChI=1S/C23H21N5O4/c1-14(10-22(30)31)16-6-8-20(25-13-16)27-21(29)12-15-5-7-17-18(11-15)32-23(26-17)28-19-4-2-3-9-24-19/h2-9,11,13-14H,10,12H2,1H3,(H,30,31)(H,24,26,28)(H,25,27,29). The van der Waals surface area contributed by atoms with Crippen molar-refractivity contribution in [3.05, 3.63) is 72.1 Å². The number of rotatable bonds is 8. The molecule has 0 spiro atoms. The van der Waals surface area contributed by atoms with Crippen LogP contribution in [0.5, 0.6) is 0 Å². The van der Waals surface area contributed by atoms with Crippen molar-refractivity contribution in [1.29, 1.82) is 0 Å². The Balaban J connectivity index is 1.38. The van der Waals surface area contributed by atoms with Gasteiger partial charge in [0.2, 0.25) is 5.91 Å². The predicted molar refractivity (Wildman–Crippen MR) is 119 cm³/mol. The van der Waals surface area contributed by atoms with Gasteiger partial charge in [-0.15, -0.1) is 0 Å². The zero-order chi connectivity index (χ0) is 22.5. The van der Waals surface area contributed by atoms with Gasteiger partial charge in [0.1, 0.15) is 17.2 Å². The number of carboxylic acids is 1. The van der Waals surface area contributed by atoms with E-state index in [2.05, 4.69) is 25.6 Å². The summed E-state index contributed by atoms with van der Waals surface area (Å²) in [5.41, 5.74) is 2.79. The van der Waals surface area contributed by atoms with E-state index in [1.807, 2.05) is 25.1 Å². The van der Waals surface area contributed by atoms with Crippen LogP contribution in [0.2, 0.25) is 0 Å². The molecule has 162 valence electrons. The number of aliphatic carboxylic acids is 1. The van der Waals surface area contributed by atoms with E-state index >= 15 is 0 Å². The SMILES string of the molecule is CC(CC(=O)O)c1ccc(NC(=O)Cc2ccc3nc(Nc4ccccn4)oc3c2)nc1. The van der Waals surface area contributed by atoms with Crippen molar-refractivity contribution in [2.75, 3.05) is 10.6 Å². The Morgan fingerprint density at radius 3 is 2.69 bits per heavy atom. The molecule has 0 aliphatic heterocycles. The normalized spacial score (nSPS) is 11.8. The second-order valence-electron chi connectivity index (χ2n) is 7.36. The first-order chi connectivity index (χ1) is 15.5. The number of aromatic nitrogens is 3. The third-order valence-electron chi connectivity index (χ3n) is 4.82. The Morgan fingerprint density at radius 2 is 1.97 bits per heavy atom. The molecule has 9 nitrogen and oxygen atoms in total. The van der Waals surface area contributed by atoms with Gasteiger partial charge in [0.15, 0.2) is 5.58 Å². The van der Waals surface area contributed by atoms with Crippen LogP contribution in [-0.2, 0) is 16.0 Å². The fourth-order valence-electron chi connectivity index (χ4n) is 3.20. The number of carbonyl (C=O) groups excluding carboxylic acids is 1. The summed E-state index contributed by atoms with van der Waals surface area (Å²) in [4.78, 5) is 36.0. The predicted octanol–water partition coefficient (Wildman–Crippen LogP) is 4.12. The van der Waals surface area contributed by atoms with Gasteiger partial charge in [-0.2, -0.15) is 4.98 Å². The van der Waals surface area contributed by atoms with Crippen LogP contribution in [0.3, 0.4) is 0 Å². The molecule has 32 heavy (non-hydrogen) atoms. The zero-order valence-corrected chi connectivity index (χ0v) is 17.3. The van der Waals surface area contributed by atoms with Gasteiger partial charge < -0.3 is 14.8 Å². The molecule has 0 saturated carbocycles. The van der Waals surface area contributed by atoms with Gasteiger partial charge >= 0.3 is 12.0 Å². The Hall–Kier alpha value is -4.27. The largest absolute Gasteiger partial charge is 0.481 e. The lowest BCUT2D eigenvalue weighted by molar-refractivity contribution is -0.137. The molecule has 1 amide bonds. The summed E-state index contributed by atoms with van der Waals surface area (Å²) in [5.74, 6) is -0.221. The van der Waals surface area contributed by atoms with Gasteiger partial charge in [-0.3, -0.25) is 14.9 Å². The number of carbonyl (C=O) groups is 2. The molecule has 1 unspecified atom stereocenters. The lowest BCUT2D eigenvalue weighted by atomic mass is 10.00. The maximum Gasteiger partial charge on any atom is 0.303 e. The molecule has 9 heteroatoms. The molecule has 4 rings (SSSR count). The van der Waals surface area contributed by atoms with E-state index in [0.29, 0.717) is 28.8 Å². The van der Waals surface area contributed by atoms with E-state index in [1.165, 1.54) is 0 Å². The summed E-state index contributed by atoms with van der Waals surface area (Å²) in [6, 6.07) is 14.6. The quantitative estimate of drug-likeness (QED) is 0.380. The number of nitrogens with one attached hydrogen (secondary N) is 2. The Labute approximate surface area is 183 Å². The minimum atomic E-state index is -0.863. The third kappa shape index (κ3) is 5.25. The minimum absolute atomic E-state index is 0.0244. The van der Waals surface area contributed by atoms with Crippen molar-refractivity contribution in [2.24, 2.45) is 0 Å². The Bertz CT molecular complexity index is 1240. The molecule has 0 aliphatic rings. The van der Waals surface area contributed by atoms with E-state index in [0.717, 1.165) is 11.1 Å². The smallest absolute Gasteiger partial charge is 0.303 e. The van der Waals surface area contributed by atoms with Crippen molar-refractivity contribution < 1.29 is 19.1 Å². The number of hydrogen-bond acceptors (Lipinski definition) is 7. The molecule has 4 aromatic rings. The monoisotopic (exact) mass is 431 g/mol. The van der Waals surface area contributed by atoms with Gasteiger partial charge in [-0.05, 0) is 47.4 Å². The molecule has 1 aromatic carbocycles. The van der Waals surface area contributed by atoms with Crippen LogP contribution in [0.4, 0.5) is 17.7 Å². The van der Waals surface area contributed by atoms with Gasteiger partial charge in [0.25, 0.3) is 0 Å². The first-order valence-corrected chi connectivity index (χ1v) is 10.0. The summed E-state index contributed by atoms with van der Waals surface area (Å²) in [5, 5.41) is 14.6. The van der Waals surface area contributed by atoms with Crippen molar-refractivity contribution >= 4 is 40.6 Å². The molecule has 0 saturated heterocycles. The molecular weight excluding hydrogens is 410 g/mol. The highest BCUT2D eigenvalue weighted by Crippen LogP contribution is 2.23. The first kappa shape index (κ1) is 21.0. The summed E-state index contributed by atoms with van der Waals surface area (Å²) in [6.45, 7) is 1.82. The average Bonchev–Trinajstić information content (AvgIpc) is 3.16. The minimum Gasteiger partial charge on any atom is -0.481 e. The van der Waals surface area contributed by atoms with Crippen LogP contribution in [-0.4, -0.2) is 31.9 Å². The molecule has 3 N–H and O–H groups in total. The highest BCUT2D eigenvalue weighted by atomic mass is 16.4. The maximum absolute atomic E-state index is 12.4. The molecule has 3 heterocycles. The number of oxazole rings is 1. The van der Waals surface area contributed by atoms with Gasteiger partial charge in [0.05, 0.1) is 12.8 Å². The average molecular weight is 431 g/mol. The lowest BCUT2D eigenvalue weighted by Gasteiger charge is -2.10. The van der Waals surface area contributed by atoms with E-state index in [-0.39, 0.29) is 24.7 Å². The van der Waals surface area contributed by atoms with Crippen LogP contribution in [0.25, 0.3) is 11.1 Å². The van der Waals surface area contributed by atoms with Crippen molar-refractivity contribution in [2.45, 2.75) is 25.7 Å². The van der Waals surface area contributed by atoms with Gasteiger partial charge in [-0.25, -0.2) is 9.97 Å². The summed E-state index contributed by atoms with van der Waals surface area (Å²) in [6.07, 6.45) is 3.41. The van der Waals surface area contributed by atoms with Crippen molar-refractivity contribution in [1.82, 2.24) is 15.0 Å². The highest BCUT2D eigenvalue weighted by Gasteiger charge is 2.12. The van der Waals surface area contributed by atoms with Crippen molar-refractivity contribution in [3.8, 4) is 0 Å². The van der Waals surface area contributed by atoms with Crippen LogP contribution >= 0.6 is 0 Å². The fraction of sp³-hybridized carbons (Fsp3) is 0.174. The highest BCUT2D eigenvalue weighted by molar-refractivity contribution is 5.92. The molecular formula is C23H21N5O4.